The van der Waals surface area contributed by atoms with Crippen LogP contribution >= 0.6 is 0 Å². The van der Waals surface area contributed by atoms with Crippen LogP contribution in [0.2, 0.25) is 0 Å². The molecule has 98 valence electrons. The van der Waals surface area contributed by atoms with Gasteiger partial charge in [-0.3, -0.25) is 4.79 Å². The van der Waals surface area contributed by atoms with Gasteiger partial charge in [-0.05, 0) is 30.7 Å². The Bertz CT molecular complexity index is 450. The van der Waals surface area contributed by atoms with E-state index in [1.807, 2.05) is 20.8 Å². The van der Waals surface area contributed by atoms with E-state index in [2.05, 4.69) is 6.58 Å². The van der Waals surface area contributed by atoms with Crippen molar-refractivity contribution >= 4 is 5.78 Å². The summed E-state index contributed by atoms with van der Waals surface area (Å²) in [4.78, 5) is 12.5. The van der Waals surface area contributed by atoms with Crippen LogP contribution in [0, 0.1) is 11.2 Å². The molecule has 1 aromatic carbocycles. The number of ketones is 1. The fraction of sp³-hybridized carbons (Fsp3) is 0.400. The van der Waals surface area contributed by atoms with Crippen LogP contribution in [-0.4, -0.2) is 11.3 Å². The van der Waals surface area contributed by atoms with Crippen LogP contribution in [0.15, 0.2) is 36.9 Å². The molecule has 0 aromatic heterocycles. The summed E-state index contributed by atoms with van der Waals surface area (Å²) < 4.78 is 12.9. The summed E-state index contributed by atoms with van der Waals surface area (Å²) in [7, 11) is 0. The molecule has 3 heteroatoms. The first-order valence-electron chi connectivity index (χ1n) is 6.01. The molecule has 0 aliphatic carbocycles. The second-order valence-corrected chi connectivity index (χ2v) is 5.09. The average molecular weight is 249 g/mol. The van der Waals surface area contributed by atoms with E-state index in [0.717, 1.165) is 0 Å². The number of rotatable bonds is 5. The van der Waals surface area contributed by atoms with Crippen LogP contribution in [0.5, 0.6) is 0 Å². The summed E-state index contributed by atoms with van der Waals surface area (Å²) in [6.45, 7) is 9.37. The summed E-state index contributed by atoms with van der Waals surface area (Å²) in [5.74, 6) is -0.552. The minimum Gasteiger partial charge on any atom is -0.318 e. The van der Waals surface area contributed by atoms with Crippen LogP contribution in [0.3, 0.4) is 0 Å². The molecule has 2 N–H and O–H groups in total. The maximum atomic E-state index is 12.9. The van der Waals surface area contributed by atoms with Crippen molar-refractivity contribution in [2.45, 2.75) is 32.7 Å². The minimum atomic E-state index is -1.04. The van der Waals surface area contributed by atoms with Crippen molar-refractivity contribution in [1.29, 1.82) is 0 Å². The van der Waals surface area contributed by atoms with Crippen LogP contribution in [0.4, 0.5) is 4.39 Å². The quantitative estimate of drug-likeness (QED) is 0.642. The summed E-state index contributed by atoms with van der Waals surface area (Å²) in [6, 6.07) is 5.47. The van der Waals surface area contributed by atoms with E-state index >= 15 is 0 Å². The predicted octanol–water partition coefficient (Wildman–Crippen LogP) is 3.33. The van der Waals surface area contributed by atoms with Crippen LogP contribution in [0.25, 0.3) is 0 Å². The number of hydrogen-bond acceptors (Lipinski definition) is 2. The number of Topliss-reactive ketones (excluding diaryl/α,β-unsaturated/α-hetero) is 1. The van der Waals surface area contributed by atoms with Gasteiger partial charge in [0, 0.05) is 11.0 Å². The Morgan fingerprint density at radius 3 is 2.28 bits per heavy atom. The first-order valence-corrected chi connectivity index (χ1v) is 6.01. The zero-order valence-electron chi connectivity index (χ0n) is 11.2. The van der Waals surface area contributed by atoms with Gasteiger partial charge in [0.2, 0.25) is 0 Å². The summed E-state index contributed by atoms with van der Waals surface area (Å²) >= 11 is 0. The third-order valence-corrected chi connectivity index (χ3v) is 3.73. The van der Waals surface area contributed by atoms with Gasteiger partial charge in [-0.1, -0.05) is 26.8 Å². The molecule has 0 saturated carbocycles. The Labute approximate surface area is 108 Å². The van der Waals surface area contributed by atoms with Crippen molar-refractivity contribution in [2.75, 3.05) is 0 Å². The van der Waals surface area contributed by atoms with Gasteiger partial charge in [0.05, 0.1) is 5.54 Å². The number of nitrogens with two attached hydrogens (primary N) is 1. The van der Waals surface area contributed by atoms with Crippen molar-refractivity contribution in [1.82, 2.24) is 0 Å². The normalized spacial score (nSPS) is 14.9. The van der Waals surface area contributed by atoms with Crippen LogP contribution in [0.1, 0.15) is 37.6 Å². The van der Waals surface area contributed by atoms with Gasteiger partial charge in [-0.2, -0.15) is 0 Å². The van der Waals surface area contributed by atoms with Gasteiger partial charge in [0.15, 0.2) is 5.78 Å². The third kappa shape index (κ3) is 2.36. The molecule has 18 heavy (non-hydrogen) atoms. The lowest BCUT2D eigenvalue weighted by Gasteiger charge is -2.40. The molecule has 1 unspecified atom stereocenters. The molecule has 0 radical (unpaired) electrons. The average Bonchev–Trinajstić information content (AvgIpc) is 2.37. The highest BCUT2D eigenvalue weighted by molar-refractivity contribution is 6.03. The molecule has 1 aromatic rings. The molecule has 1 rings (SSSR count). The van der Waals surface area contributed by atoms with E-state index in [4.69, 9.17) is 5.73 Å². The molecule has 0 spiro atoms. The Balaban J connectivity index is 3.21. The lowest BCUT2D eigenvalue weighted by molar-refractivity contribution is 0.0776. The van der Waals surface area contributed by atoms with E-state index in [0.29, 0.717) is 12.0 Å². The van der Waals surface area contributed by atoms with Gasteiger partial charge in [-0.25, -0.2) is 4.39 Å². The van der Waals surface area contributed by atoms with E-state index in [1.165, 1.54) is 24.3 Å². The van der Waals surface area contributed by atoms with Crippen molar-refractivity contribution in [2.24, 2.45) is 11.1 Å². The highest BCUT2D eigenvalue weighted by Gasteiger charge is 2.44. The number of carbonyl (C=O) groups is 1. The molecule has 0 amide bonds. The second-order valence-electron chi connectivity index (χ2n) is 5.09. The van der Waals surface area contributed by atoms with E-state index in [-0.39, 0.29) is 11.6 Å². The molecule has 2 nitrogen and oxygen atoms in total. The van der Waals surface area contributed by atoms with Gasteiger partial charge in [0.25, 0.3) is 0 Å². The molecular weight excluding hydrogens is 229 g/mol. The van der Waals surface area contributed by atoms with Crippen molar-refractivity contribution in [3.8, 4) is 0 Å². The maximum absolute atomic E-state index is 12.9. The standard InChI is InChI=1S/C15H20FNO/c1-5-14(3,4)15(17,6-2)13(18)11-7-9-12(16)10-8-11/h5,7-10H,1,6,17H2,2-4H3. The number of hydrogen-bond donors (Lipinski definition) is 1. The predicted molar refractivity (Wildman–Crippen MR) is 71.9 cm³/mol. The highest BCUT2D eigenvalue weighted by Crippen LogP contribution is 2.35. The lowest BCUT2D eigenvalue weighted by atomic mass is 9.67. The highest BCUT2D eigenvalue weighted by atomic mass is 19.1. The second kappa shape index (κ2) is 5.02. The molecule has 0 bridgehead atoms. The SMILES string of the molecule is C=CC(C)(C)C(N)(CC)C(=O)c1ccc(F)cc1. The van der Waals surface area contributed by atoms with Crippen LogP contribution < -0.4 is 5.73 Å². The summed E-state index contributed by atoms with van der Waals surface area (Å²) in [6.07, 6.45) is 2.18. The first kappa shape index (κ1) is 14.6. The number of carbonyl (C=O) groups excluding carboxylic acids is 1. The molecule has 0 saturated heterocycles. The molecule has 0 heterocycles. The summed E-state index contributed by atoms with van der Waals surface area (Å²) in [5.41, 5.74) is 5.14. The van der Waals surface area contributed by atoms with Gasteiger partial charge in [0.1, 0.15) is 5.82 Å². The van der Waals surface area contributed by atoms with E-state index in [9.17, 15) is 9.18 Å². The maximum Gasteiger partial charge on any atom is 0.183 e. The van der Waals surface area contributed by atoms with Gasteiger partial charge >= 0.3 is 0 Å². The topological polar surface area (TPSA) is 43.1 Å². The Hall–Kier alpha value is -1.48. The van der Waals surface area contributed by atoms with E-state index in [1.54, 1.807) is 6.08 Å². The molecule has 1 atom stereocenters. The zero-order chi connectivity index (χ0) is 14.0. The Kier molecular flexibility index (Phi) is 4.07. The Morgan fingerprint density at radius 1 is 1.39 bits per heavy atom. The fourth-order valence-corrected chi connectivity index (χ4v) is 1.95. The summed E-state index contributed by atoms with van der Waals surface area (Å²) in [5, 5.41) is 0. The zero-order valence-corrected chi connectivity index (χ0v) is 11.2. The number of benzene rings is 1. The van der Waals surface area contributed by atoms with Gasteiger partial charge in [-0.15, -0.1) is 6.58 Å². The molecule has 0 aliphatic rings. The monoisotopic (exact) mass is 249 g/mol. The first-order chi connectivity index (χ1) is 8.28. The third-order valence-electron chi connectivity index (χ3n) is 3.73. The molecular formula is C15H20FNO. The smallest absolute Gasteiger partial charge is 0.183 e. The minimum absolute atomic E-state index is 0.185. The van der Waals surface area contributed by atoms with Gasteiger partial charge < -0.3 is 5.73 Å². The van der Waals surface area contributed by atoms with Crippen LogP contribution in [-0.2, 0) is 0 Å². The number of halogens is 1. The van der Waals surface area contributed by atoms with Crippen molar-refractivity contribution in [3.05, 3.63) is 48.3 Å². The molecule has 0 fully saturated rings. The Morgan fingerprint density at radius 2 is 1.89 bits per heavy atom. The van der Waals surface area contributed by atoms with Crippen molar-refractivity contribution in [3.63, 3.8) is 0 Å². The molecule has 0 aliphatic heterocycles. The lowest BCUT2D eigenvalue weighted by Crippen LogP contribution is -2.57. The van der Waals surface area contributed by atoms with Crippen molar-refractivity contribution < 1.29 is 9.18 Å². The largest absolute Gasteiger partial charge is 0.318 e. The fourth-order valence-electron chi connectivity index (χ4n) is 1.95. The van der Waals surface area contributed by atoms with E-state index < -0.39 is 11.0 Å².